The van der Waals surface area contributed by atoms with Gasteiger partial charge in [-0.05, 0) is 0 Å². The SMILES string of the molecule is CC(C)(C)c1nc(C#N)ncc1O. The Bertz CT molecular complexity index is 360. The largest absolute Gasteiger partial charge is 0.504 e. The Morgan fingerprint density at radius 2 is 2.08 bits per heavy atom. The van der Waals surface area contributed by atoms with Crippen LogP contribution >= 0.6 is 0 Å². The summed E-state index contributed by atoms with van der Waals surface area (Å²) < 4.78 is 0. The van der Waals surface area contributed by atoms with Crippen molar-refractivity contribution in [1.29, 1.82) is 5.26 Å². The van der Waals surface area contributed by atoms with Crippen LogP contribution in [0.25, 0.3) is 0 Å². The standard InChI is InChI=1S/C9H11N3O/c1-9(2,3)8-6(13)5-11-7(4-10)12-8/h5,13H,1-3H3. The fraction of sp³-hybridized carbons (Fsp3) is 0.444. The summed E-state index contributed by atoms with van der Waals surface area (Å²) in [5, 5.41) is 18.0. The van der Waals surface area contributed by atoms with Gasteiger partial charge in [-0.15, -0.1) is 0 Å². The quantitative estimate of drug-likeness (QED) is 0.649. The van der Waals surface area contributed by atoms with Crippen LogP contribution in [0.5, 0.6) is 5.75 Å². The molecule has 0 aliphatic rings. The van der Waals surface area contributed by atoms with Crippen molar-refractivity contribution in [3.63, 3.8) is 0 Å². The number of nitrogens with zero attached hydrogens (tertiary/aromatic N) is 3. The Kier molecular flexibility index (Phi) is 2.20. The summed E-state index contributed by atoms with van der Waals surface area (Å²) in [5.74, 6) is 0.120. The van der Waals surface area contributed by atoms with E-state index >= 15 is 0 Å². The lowest BCUT2D eigenvalue weighted by Gasteiger charge is -2.18. The molecule has 0 aliphatic heterocycles. The molecule has 4 nitrogen and oxygen atoms in total. The van der Waals surface area contributed by atoms with Gasteiger partial charge >= 0.3 is 0 Å². The van der Waals surface area contributed by atoms with Crippen LogP contribution in [0.4, 0.5) is 0 Å². The highest BCUT2D eigenvalue weighted by molar-refractivity contribution is 5.31. The van der Waals surface area contributed by atoms with Gasteiger partial charge in [0.25, 0.3) is 0 Å². The molecule has 0 aromatic carbocycles. The van der Waals surface area contributed by atoms with E-state index in [9.17, 15) is 5.11 Å². The number of aromatic hydroxyl groups is 1. The van der Waals surface area contributed by atoms with Crippen molar-refractivity contribution < 1.29 is 5.11 Å². The maximum absolute atomic E-state index is 9.43. The van der Waals surface area contributed by atoms with Crippen LogP contribution in [0, 0.1) is 11.3 Å². The van der Waals surface area contributed by atoms with E-state index in [1.54, 1.807) is 0 Å². The number of hydrogen-bond donors (Lipinski definition) is 1. The zero-order valence-electron chi connectivity index (χ0n) is 7.87. The van der Waals surface area contributed by atoms with E-state index in [2.05, 4.69) is 9.97 Å². The average Bonchev–Trinajstić information content (AvgIpc) is 2.03. The van der Waals surface area contributed by atoms with E-state index in [0.29, 0.717) is 5.69 Å². The van der Waals surface area contributed by atoms with Gasteiger partial charge < -0.3 is 5.11 Å². The molecule has 13 heavy (non-hydrogen) atoms. The minimum absolute atomic E-state index is 0.0338. The van der Waals surface area contributed by atoms with Gasteiger partial charge in [-0.1, -0.05) is 20.8 Å². The first-order valence-electron chi connectivity index (χ1n) is 3.91. The molecule has 1 rings (SSSR count). The van der Waals surface area contributed by atoms with Crippen LogP contribution in [0.1, 0.15) is 32.3 Å². The predicted octanol–water partition coefficient (Wildman–Crippen LogP) is 1.35. The molecule has 0 atom stereocenters. The smallest absolute Gasteiger partial charge is 0.232 e. The van der Waals surface area contributed by atoms with E-state index < -0.39 is 0 Å². The first kappa shape index (κ1) is 9.46. The summed E-state index contributed by atoms with van der Waals surface area (Å²) in [6.07, 6.45) is 1.26. The minimum atomic E-state index is -0.279. The molecular weight excluding hydrogens is 166 g/mol. The van der Waals surface area contributed by atoms with E-state index in [-0.39, 0.29) is 17.0 Å². The van der Waals surface area contributed by atoms with Crippen molar-refractivity contribution in [1.82, 2.24) is 9.97 Å². The van der Waals surface area contributed by atoms with Crippen LogP contribution in [0.2, 0.25) is 0 Å². The molecule has 0 saturated carbocycles. The zero-order valence-corrected chi connectivity index (χ0v) is 7.87. The molecular formula is C9H11N3O. The molecule has 1 N–H and O–H groups in total. The Labute approximate surface area is 76.9 Å². The fourth-order valence-electron chi connectivity index (χ4n) is 0.981. The molecule has 4 heteroatoms. The van der Waals surface area contributed by atoms with Gasteiger partial charge in [0.1, 0.15) is 6.07 Å². The van der Waals surface area contributed by atoms with Gasteiger partial charge in [0.05, 0.1) is 11.9 Å². The molecule has 0 spiro atoms. The number of nitriles is 1. The average molecular weight is 177 g/mol. The Morgan fingerprint density at radius 1 is 1.46 bits per heavy atom. The molecule has 0 radical (unpaired) electrons. The molecule has 0 amide bonds. The Hall–Kier alpha value is -1.63. The van der Waals surface area contributed by atoms with Crippen LogP contribution in [0.15, 0.2) is 6.20 Å². The lowest BCUT2D eigenvalue weighted by Crippen LogP contribution is -2.14. The Morgan fingerprint density at radius 3 is 2.54 bits per heavy atom. The number of rotatable bonds is 0. The van der Waals surface area contributed by atoms with Gasteiger partial charge in [0, 0.05) is 5.41 Å². The van der Waals surface area contributed by atoms with Crippen molar-refractivity contribution in [3.05, 3.63) is 17.7 Å². The predicted molar refractivity (Wildman–Crippen MR) is 47.1 cm³/mol. The number of aromatic nitrogens is 2. The molecule has 1 aromatic heterocycles. The van der Waals surface area contributed by atoms with Crippen LogP contribution in [-0.4, -0.2) is 15.1 Å². The molecule has 0 unspecified atom stereocenters. The lowest BCUT2D eigenvalue weighted by atomic mass is 9.91. The monoisotopic (exact) mass is 177 g/mol. The first-order valence-corrected chi connectivity index (χ1v) is 3.91. The summed E-state index contributed by atoms with van der Waals surface area (Å²) in [5.41, 5.74) is 0.220. The molecule has 0 fully saturated rings. The lowest BCUT2D eigenvalue weighted by molar-refractivity contribution is 0.433. The molecule has 1 heterocycles. The highest BCUT2D eigenvalue weighted by Crippen LogP contribution is 2.27. The second-order valence-corrected chi connectivity index (χ2v) is 3.79. The van der Waals surface area contributed by atoms with E-state index in [4.69, 9.17) is 5.26 Å². The second kappa shape index (κ2) is 3.02. The molecule has 0 bridgehead atoms. The van der Waals surface area contributed by atoms with Crippen molar-refractivity contribution in [2.45, 2.75) is 26.2 Å². The summed E-state index contributed by atoms with van der Waals surface area (Å²) >= 11 is 0. The van der Waals surface area contributed by atoms with Crippen LogP contribution in [-0.2, 0) is 5.41 Å². The summed E-state index contributed by atoms with van der Waals surface area (Å²) in [6.45, 7) is 5.74. The van der Waals surface area contributed by atoms with Crippen molar-refractivity contribution >= 4 is 0 Å². The first-order chi connectivity index (χ1) is 5.95. The van der Waals surface area contributed by atoms with Crippen LogP contribution in [0.3, 0.4) is 0 Å². The maximum atomic E-state index is 9.43. The summed E-state index contributed by atoms with van der Waals surface area (Å²) in [4.78, 5) is 7.59. The van der Waals surface area contributed by atoms with Gasteiger partial charge in [-0.25, -0.2) is 9.97 Å². The van der Waals surface area contributed by atoms with Gasteiger partial charge in [0.15, 0.2) is 5.75 Å². The van der Waals surface area contributed by atoms with E-state index in [0.717, 1.165) is 0 Å². The van der Waals surface area contributed by atoms with Crippen LogP contribution < -0.4 is 0 Å². The van der Waals surface area contributed by atoms with Gasteiger partial charge in [-0.3, -0.25) is 0 Å². The Balaban J connectivity index is 3.29. The van der Waals surface area contributed by atoms with Crippen molar-refractivity contribution in [2.75, 3.05) is 0 Å². The fourth-order valence-corrected chi connectivity index (χ4v) is 0.981. The minimum Gasteiger partial charge on any atom is -0.504 e. The molecule has 0 aliphatic carbocycles. The second-order valence-electron chi connectivity index (χ2n) is 3.79. The molecule has 68 valence electrons. The molecule has 1 aromatic rings. The third-order valence-corrected chi connectivity index (χ3v) is 1.58. The third-order valence-electron chi connectivity index (χ3n) is 1.58. The number of hydrogen-bond acceptors (Lipinski definition) is 4. The van der Waals surface area contributed by atoms with Gasteiger partial charge in [0.2, 0.25) is 5.82 Å². The normalized spacial score (nSPS) is 10.9. The van der Waals surface area contributed by atoms with Gasteiger partial charge in [-0.2, -0.15) is 5.26 Å². The highest BCUT2D eigenvalue weighted by Gasteiger charge is 2.20. The maximum Gasteiger partial charge on any atom is 0.232 e. The van der Waals surface area contributed by atoms with Crippen molar-refractivity contribution in [2.24, 2.45) is 0 Å². The molecule has 0 saturated heterocycles. The summed E-state index contributed by atoms with van der Waals surface area (Å²) in [7, 11) is 0. The summed E-state index contributed by atoms with van der Waals surface area (Å²) in [6, 6.07) is 1.83. The van der Waals surface area contributed by atoms with Crippen molar-refractivity contribution in [3.8, 4) is 11.8 Å². The zero-order chi connectivity index (χ0) is 10.1. The highest BCUT2D eigenvalue weighted by atomic mass is 16.3. The topological polar surface area (TPSA) is 69.8 Å². The third kappa shape index (κ3) is 1.94. The van der Waals surface area contributed by atoms with E-state index in [1.807, 2.05) is 26.8 Å². The van der Waals surface area contributed by atoms with E-state index in [1.165, 1.54) is 6.20 Å².